The summed E-state index contributed by atoms with van der Waals surface area (Å²) in [6, 6.07) is 3.12. The standard InChI is InChI=1S/C8H8ClF3S/c1-2-5-3-4-6(13-5)7(9)8(10,11)12/h3-4,7H,2H2,1H3. The first-order valence-electron chi connectivity index (χ1n) is 3.74. The van der Waals surface area contributed by atoms with E-state index in [4.69, 9.17) is 11.6 Å². The van der Waals surface area contributed by atoms with Crippen molar-refractivity contribution in [3.05, 3.63) is 21.9 Å². The Labute approximate surface area is 83.3 Å². The highest BCUT2D eigenvalue weighted by molar-refractivity contribution is 7.12. The van der Waals surface area contributed by atoms with E-state index in [1.807, 2.05) is 6.92 Å². The van der Waals surface area contributed by atoms with Crippen molar-refractivity contribution in [2.24, 2.45) is 0 Å². The molecule has 1 aromatic rings. The summed E-state index contributed by atoms with van der Waals surface area (Å²) in [6.07, 6.45) is -3.61. The Kier molecular flexibility index (Phi) is 3.24. The molecule has 0 radical (unpaired) electrons. The summed E-state index contributed by atoms with van der Waals surface area (Å²) in [5.41, 5.74) is 0. The molecule has 1 atom stereocenters. The first-order chi connectivity index (χ1) is 5.95. The van der Waals surface area contributed by atoms with Crippen LogP contribution in [-0.4, -0.2) is 6.18 Å². The van der Waals surface area contributed by atoms with Crippen LogP contribution in [0.3, 0.4) is 0 Å². The summed E-state index contributed by atoms with van der Waals surface area (Å²) in [5, 5.41) is -1.86. The van der Waals surface area contributed by atoms with Crippen LogP contribution in [-0.2, 0) is 6.42 Å². The molecule has 0 amide bonds. The molecule has 0 aliphatic carbocycles. The van der Waals surface area contributed by atoms with Crippen molar-refractivity contribution in [2.45, 2.75) is 24.9 Å². The highest BCUT2D eigenvalue weighted by atomic mass is 35.5. The van der Waals surface area contributed by atoms with Crippen LogP contribution in [0, 0.1) is 0 Å². The van der Waals surface area contributed by atoms with Gasteiger partial charge in [0.25, 0.3) is 0 Å². The van der Waals surface area contributed by atoms with Crippen LogP contribution in [0.5, 0.6) is 0 Å². The van der Waals surface area contributed by atoms with Gasteiger partial charge in [0.2, 0.25) is 0 Å². The lowest BCUT2D eigenvalue weighted by Crippen LogP contribution is -2.14. The minimum absolute atomic E-state index is 0.172. The Hall–Kier alpha value is -0.220. The van der Waals surface area contributed by atoms with Gasteiger partial charge in [-0.25, -0.2) is 0 Å². The second-order valence-electron chi connectivity index (χ2n) is 2.56. The smallest absolute Gasteiger partial charge is 0.169 e. The highest BCUT2D eigenvalue weighted by Gasteiger charge is 2.40. The summed E-state index contributed by atoms with van der Waals surface area (Å²) in [5.74, 6) is 0. The fourth-order valence-electron chi connectivity index (χ4n) is 0.882. The molecule has 1 aromatic heterocycles. The lowest BCUT2D eigenvalue weighted by molar-refractivity contribution is -0.131. The number of alkyl halides is 4. The largest absolute Gasteiger partial charge is 0.409 e. The normalized spacial score (nSPS) is 14.5. The second-order valence-corrected chi connectivity index (χ2v) is 4.20. The van der Waals surface area contributed by atoms with E-state index in [-0.39, 0.29) is 4.88 Å². The van der Waals surface area contributed by atoms with Gasteiger partial charge < -0.3 is 0 Å². The molecular weight excluding hydrogens is 221 g/mol. The molecule has 13 heavy (non-hydrogen) atoms. The summed E-state index contributed by atoms with van der Waals surface area (Å²) in [4.78, 5) is 1.09. The van der Waals surface area contributed by atoms with Gasteiger partial charge in [-0.05, 0) is 18.6 Å². The molecule has 0 aliphatic rings. The second kappa shape index (κ2) is 3.88. The highest BCUT2D eigenvalue weighted by Crippen LogP contribution is 2.40. The Bertz CT molecular complexity index is 279. The van der Waals surface area contributed by atoms with Crippen molar-refractivity contribution < 1.29 is 13.2 Å². The summed E-state index contributed by atoms with van der Waals surface area (Å²) < 4.78 is 36.4. The molecule has 1 rings (SSSR count). The van der Waals surface area contributed by atoms with Gasteiger partial charge in [-0.1, -0.05) is 6.92 Å². The van der Waals surface area contributed by atoms with Crippen molar-refractivity contribution in [1.82, 2.24) is 0 Å². The van der Waals surface area contributed by atoms with Gasteiger partial charge in [-0.15, -0.1) is 22.9 Å². The molecule has 0 spiro atoms. The van der Waals surface area contributed by atoms with Gasteiger partial charge in [0.1, 0.15) is 0 Å². The molecule has 1 unspecified atom stereocenters. The number of halogens is 4. The number of hydrogen-bond donors (Lipinski definition) is 0. The van der Waals surface area contributed by atoms with Crippen molar-refractivity contribution in [3.8, 4) is 0 Å². The predicted molar refractivity (Wildman–Crippen MR) is 48.3 cm³/mol. The van der Waals surface area contributed by atoms with E-state index >= 15 is 0 Å². The maximum absolute atomic E-state index is 12.1. The van der Waals surface area contributed by atoms with E-state index in [1.165, 1.54) is 6.07 Å². The Morgan fingerprint density at radius 1 is 1.46 bits per heavy atom. The van der Waals surface area contributed by atoms with E-state index in [0.717, 1.165) is 22.6 Å². The average Bonchev–Trinajstić information content (AvgIpc) is 2.48. The van der Waals surface area contributed by atoms with Gasteiger partial charge in [-0.2, -0.15) is 13.2 Å². The van der Waals surface area contributed by atoms with Crippen LogP contribution in [0.25, 0.3) is 0 Å². The molecule has 74 valence electrons. The number of thiophene rings is 1. The van der Waals surface area contributed by atoms with Gasteiger partial charge in [0.15, 0.2) is 5.38 Å². The van der Waals surface area contributed by atoms with E-state index in [0.29, 0.717) is 0 Å². The number of aryl methyl sites for hydroxylation is 1. The molecule has 5 heteroatoms. The topological polar surface area (TPSA) is 0 Å². The van der Waals surface area contributed by atoms with E-state index in [9.17, 15) is 13.2 Å². The SMILES string of the molecule is CCc1ccc(C(Cl)C(F)(F)F)s1. The fourth-order valence-corrected chi connectivity index (χ4v) is 2.04. The summed E-state index contributed by atoms with van der Waals surface area (Å²) in [7, 11) is 0. The molecule has 0 fully saturated rings. The Morgan fingerprint density at radius 3 is 2.46 bits per heavy atom. The first kappa shape index (κ1) is 10.9. The molecule has 1 heterocycles. The molecule has 0 aromatic carbocycles. The van der Waals surface area contributed by atoms with Crippen LogP contribution in [0.4, 0.5) is 13.2 Å². The van der Waals surface area contributed by atoms with Crippen LogP contribution >= 0.6 is 22.9 Å². The zero-order valence-electron chi connectivity index (χ0n) is 6.86. The molecule has 0 saturated carbocycles. The van der Waals surface area contributed by atoms with Crippen molar-refractivity contribution in [1.29, 1.82) is 0 Å². The van der Waals surface area contributed by atoms with Crippen LogP contribution < -0.4 is 0 Å². The van der Waals surface area contributed by atoms with Crippen LogP contribution in [0.15, 0.2) is 12.1 Å². The van der Waals surface area contributed by atoms with Crippen LogP contribution in [0.1, 0.15) is 22.1 Å². The van der Waals surface area contributed by atoms with Crippen molar-refractivity contribution in [2.75, 3.05) is 0 Å². The third-order valence-electron chi connectivity index (χ3n) is 1.57. The van der Waals surface area contributed by atoms with Gasteiger partial charge in [0, 0.05) is 9.75 Å². The number of rotatable bonds is 2. The fraction of sp³-hybridized carbons (Fsp3) is 0.500. The van der Waals surface area contributed by atoms with Crippen molar-refractivity contribution >= 4 is 22.9 Å². The average molecular weight is 229 g/mol. The quantitative estimate of drug-likeness (QED) is 0.667. The minimum Gasteiger partial charge on any atom is -0.169 e. The third-order valence-corrected chi connectivity index (χ3v) is 3.47. The first-order valence-corrected chi connectivity index (χ1v) is 5.00. The molecule has 0 bridgehead atoms. The third kappa shape index (κ3) is 2.61. The Morgan fingerprint density at radius 2 is 2.08 bits per heavy atom. The predicted octanol–water partition coefficient (Wildman–Crippen LogP) is 4.15. The zero-order valence-corrected chi connectivity index (χ0v) is 8.43. The van der Waals surface area contributed by atoms with Gasteiger partial charge >= 0.3 is 6.18 Å². The molecule has 0 saturated heterocycles. The molecular formula is C8H8ClF3S. The summed E-state index contributed by atoms with van der Waals surface area (Å²) >= 11 is 6.35. The lowest BCUT2D eigenvalue weighted by atomic mass is 10.3. The van der Waals surface area contributed by atoms with Crippen molar-refractivity contribution in [3.63, 3.8) is 0 Å². The maximum Gasteiger partial charge on any atom is 0.409 e. The maximum atomic E-state index is 12.1. The minimum atomic E-state index is -4.35. The van der Waals surface area contributed by atoms with Gasteiger partial charge in [0.05, 0.1) is 0 Å². The zero-order chi connectivity index (χ0) is 10.1. The Balaban J connectivity index is 2.83. The van der Waals surface area contributed by atoms with E-state index in [1.54, 1.807) is 6.07 Å². The molecule has 0 N–H and O–H groups in total. The molecule has 0 aliphatic heterocycles. The lowest BCUT2D eigenvalue weighted by Gasteiger charge is -2.10. The monoisotopic (exact) mass is 228 g/mol. The number of hydrogen-bond acceptors (Lipinski definition) is 1. The van der Waals surface area contributed by atoms with Gasteiger partial charge in [-0.3, -0.25) is 0 Å². The van der Waals surface area contributed by atoms with E-state index < -0.39 is 11.6 Å². The molecule has 0 nitrogen and oxygen atoms in total. The van der Waals surface area contributed by atoms with Crippen LogP contribution in [0.2, 0.25) is 0 Å². The summed E-state index contributed by atoms with van der Waals surface area (Å²) in [6.45, 7) is 1.90. The van der Waals surface area contributed by atoms with E-state index in [2.05, 4.69) is 0 Å².